The average molecular weight is 341 g/mol. The summed E-state index contributed by atoms with van der Waals surface area (Å²) in [7, 11) is 1.73. The van der Waals surface area contributed by atoms with E-state index < -0.39 is 0 Å². The summed E-state index contributed by atoms with van der Waals surface area (Å²) in [6.45, 7) is 3.53. The summed E-state index contributed by atoms with van der Waals surface area (Å²) in [5, 5.41) is 0. The lowest BCUT2D eigenvalue weighted by Crippen LogP contribution is -2.35. The van der Waals surface area contributed by atoms with Crippen LogP contribution in [0.5, 0.6) is 0 Å². The number of aromatic nitrogens is 3. The fraction of sp³-hybridized carbons (Fsp3) is 0.278. The van der Waals surface area contributed by atoms with Crippen LogP contribution in [0.15, 0.2) is 42.0 Å². The number of nitrogen functional groups attached to an aromatic ring is 1. The molecule has 3 aromatic rings. The van der Waals surface area contributed by atoms with Gasteiger partial charge in [-0.3, -0.25) is 0 Å². The number of ether oxygens (including phenoxy) is 1. The third-order valence-electron chi connectivity index (χ3n) is 3.96. The van der Waals surface area contributed by atoms with Crippen molar-refractivity contribution in [3.63, 3.8) is 0 Å². The molecule has 0 saturated heterocycles. The highest BCUT2D eigenvalue weighted by Gasteiger charge is 2.17. The second-order valence-corrected chi connectivity index (χ2v) is 6.51. The van der Waals surface area contributed by atoms with Crippen molar-refractivity contribution in [1.82, 2.24) is 9.97 Å². The summed E-state index contributed by atoms with van der Waals surface area (Å²) < 4.78 is 7.35. The van der Waals surface area contributed by atoms with Gasteiger partial charge in [-0.2, -0.15) is 4.57 Å². The van der Waals surface area contributed by atoms with Crippen LogP contribution in [0.25, 0.3) is 11.4 Å². The molecule has 0 aliphatic rings. The molecule has 24 heavy (non-hydrogen) atoms. The molecule has 2 aromatic heterocycles. The van der Waals surface area contributed by atoms with Gasteiger partial charge in [0.1, 0.15) is 5.82 Å². The molecule has 0 atom stereocenters. The predicted molar refractivity (Wildman–Crippen MR) is 95.8 cm³/mol. The number of nitrogens with two attached hydrogens (primary N) is 1. The maximum atomic E-state index is 6.16. The van der Waals surface area contributed by atoms with Gasteiger partial charge in [0.25, 0.3) is 0 Å². The Morgan fingerprint density at radius 3 is 2.75 bits per heavy atom. The van der Waals surface area contributed by atoms with Crippen LogP contribution in [0.3, 0.4) is 0 Å². The Hall–Kier alpha value is -2.31. The fourth-order valence-corrected chi connectivity index (χ4v) is 3.47. The van der Waals surface area contributed by atoms with Crippen LogP contribution in [0, 0.1) is 6.92 Å². The van der Waals surface area contributed by atoms with Gasteiger partial charge in [0.2, 0.25) is 5.51 Å². The lowest BCUT2D eigenvalue weighted by Gasteiger charge is -2.05. The zero-order chi connectivity index (χ0) is 16.9. The van der Waals surface area contributed by atoms with Gasteiger partial charge in [-0.05, 0) is 0 Å². The molecule has 5 nitrogen and oxygen atoms in total. The normalized spacial score (nSPS) is 10.9. The maximum absolute atomic E-state index is 6.16. The molecule has 2 heterocycles. The molecule has 0 radical (unpaired) electrons. The van der Waals surface area contributed by atoms with E-state index in [9.17, 15) is 0 Å². The molecule has 2 N–H and O–H groups in total. The van der Waals surface area contributed by atoms with E-state index in [1.54, 1.807) is 18.4 Å². The molecule has 6 heteroatoms. The summed E-state index contributed by atoms with van der Waals surface area (Å²) in [5.41, 5.74) is 11.4. The van der Waals surface area contributed by atoms with Crippen LogP contribution >= 0.6 is 11.3 Å². The Balaban J connectivity index is 1.80. The highest BCUT2D eigenvalue weighted by molar-refractivity contribution is 7.09. The molecular formula is C18H21N4OS+. The monoisotopic (exact) mass is 341 g/mol. The zero-order valence-corrected chi connectivity index (χ0v) is 14.7. The summed E-state index contributed by atoms with van der Waals surface area (Å²) in [6.07, 6.45) is 2.75. The molecule has 1 aromatic carbocycles. The average Bonchev–Trinajstić information content (AvgIpc) is 2.95. The van der Waals surface area contributed by atoms with E-state index in [2.05, 4.69) is 27.0 Å². The molecule has 0 spiro atoms. The Labute approximate surface area is 145 Å². The predicted octanol–water partition coefficient (Wildman–Crippen LogP) is 2.62. The first-order chi connectivity index (χ1) is 11.7. The van der Waals surface area contributed by atoms with E-state index in [4.69, 9.17) is 10.5 Å². The van der Waals surface area contributed by atoms with Gasteiger partial charge >= 0.3 is 0 Å². The SMILES string of the molecule is COCCc1sc[n+](Cc2cnc(-c3ccccc3)nc2N)c1C. The first-order valence-corrected chi connectivity index (χ1v) is 8.69. The minimum Gasteiger partial charge on any atom is -0.384 e. The third kappa shape index (κ3) is 3.60. The van der Waals surface area contributed by atoms with Crippen LogP contribution in [0.4, 0.5) is 5.82 Å². The van der Waals surface area contributed by atoms with Gasteiger partial charge in [-0.1, -0.05) is 41.7 Å². The number of rotatable bonds is 6. The Morgan fingerprint density at radius 1 is 1.25 bits per heavy atom. The summed E-state index contributed by atoms with van der Waals surface area (Å²) in [6, 6.07) is 9.87. The van der Waals surface area contributed by atoms with Gasteiger partial charge in [0.15, 0.2) is 18.1 Å². The smallest absolute Gasteiger partial charge is 0.225 e. The first kappa shape index (κ1) is 16.5. The van der Waals surface area contributed by atoms with Gasteiger partial charge in [-0.15, -0.1) is 0 Å². The highest BCUT2D eigenvalue weighted by atomic mass is 32.1. The van der Waals surface area contributed by atoms with Crippen molar-refractivity contribution in [2.24, 2.45) is 0 Å². The number of thiazole rings is 1. The van der Waals surface area contributed by atoms with E-state index in [-0.39, 0.29) is 0 Å². The van der Waals surface area contributed by atoms with E-state index in [0.29, 0.717) is 18.2 Å². The topological polar surface area (TPSA) is 64.9 Å². The number of nitrogens with zero attached hydrogens (tertiary/aromatic N) is 3. The van der Waals surface area contributed by atoms with Gasteiger partial charge in [0.05, 0.1) is 17.0 Å². The fourth-order valence-electron chi connectivity index (χ4n) is 2.49. The number of anilines is 1. The van der Waals surface area contributed by atoms with Crippen molar-refractivity contribution < 1.29 is 9.30 Å². The second kappa shape index (κ2) is 7.51. The quantitative estimate of drug-likeness (QED) is 0.700. The van der Waals surface area contributed by atoms with Crippen molar-refractivity contribution in [1.29, 1.82) is 0 Å². The maximum Gasteiger partial charge on any atom is 0.225 e. The summed E-state index contributed by atoms with van der Waals surface area (Å²) in [4.78, 5) is 10.3. The van der Waals surface area contributed by atoms with Crippen LogP contribution in [0.2, 0.25) is 0 Å². The Kier molecular flexibility index (Phi) is 5.17. The van der Waals surface area contributed by atoms with Crippen LogP contribution < -0.4 is 10.3 Å². The number of benzene rings is 1. The van der Waals surface area contributed by atoms with E-state index in [1.165, 1.54) is 10.6 Å². The van der Waals surface area contributed by atoms with Crippen LogP contribution in [-0.2, 0) is 17.7 Å². The molecule has 0 saturated carbocycles. The van der Waals surface area contributed by atoms with Crippen molar-refractivity contribution in [2.45, 2.75) is 19.9 Å². The number of methoxy groups -OCH3 is 1. The number of hydrogen-bond acceptors (Lipinski definition) is 5. The highest BCUT2D eigenvalue weighted by Crippen LogP contribution is 2.18. The van der Waals surface area contributed by atoms with Gasteiger partial charge in [0, 0.05) is 32.2 Å². The van der Waals surface area contributed by atoms with Crippen molar-refractivity contribution in [2.75, 3.05) is 19.5 Å². The Morgan fingerprint density at radius 2 is 2.04 bits per heavy atom. The minimum atomic E-state index is 0.528. The summed E-state index contributed by atoms with van der Waals surface area (Å²) >= 11 is 1.74. The van der Waals surface area contributed by atoms with Crippen LogP contribution in [0.1, 0.15) is 16.1 Å². The van der Waals surface area contributed by atoms with Gasteiger partial charge in [-0.25, -0.2) is 9.97 Å². The first-order valence-electron chi connectivity index (χ1n) is 7.81. The second-order valence-electron chi connectivity index (χ2n) is 5.57. The molecule has 0 aliphatic heterocycles. The van der Waals surface area contributed by atoms with Gasteiger partial charge < -0.3 is 10.5 Å². The van der Waals surface area contributed by atoms with Crippen LogP contribution in [-0.4, -0.2) is 23.7 Å². The van der Waals surface area contributed by atoms with Crippen molar-refractivity contribution >= 4 is 17.2 Å². The molecule has 124 valence electrons. The summed E-state index contributed by atoms with van der Waals surface area (Å²) in [5.74, 6) is 1.19. The largest absolute Gasteiger partial charge is 0.384 e. The Bertz CT molecular complexity index is 817. The molecule has 3 rings (SSSR count). The molecular weight excluding hydrogens is 320 g/mol. The number of hydrogen-bond donors (Lipinski definition) is 1. The zero-order valence-electron chi connectivity index (χ0n) is 13.9. The molecule has 0 aliphatic carbocycles. The molecule has 0 unspecified atom stereocenters. The lowest BCUT2D eigenvalue weighted by molar-refractivity contribution is -0.689. The molecule has 0 amide bonds. The van der Waals surface area contributed by atoms with Crippen molar-refractivity contribution in [3.8, 4) is 11.4 Å². The third-order valence-corrected chi connectivity index (χ3v) is 5.10. The molecule has 0 fully saturated rings. The van der Waals surface area contributed by atoms with E-state index >= 15 is 0 Å². The molecule has 0 bridgehead atoms. The van der Waals surface area contributed by atoms with Crippen molar-refractivity contribution in [3.05, 3.63) is 58.2 Å². The van der Waals surface area contributed by atoms with E-state index in [0.717, 1.165) is 24.2 Å². The minimum absolute atomic E-state index is 0.528. The van der Waals surface area contributed by atoms with E-state index in [1.807, 2.05) is 36.5 Å². The standard InChI is InChI=1S/C18H21N4OS/c1-13-16(8-9-23-2)24-12-22(13)11-15-10-20-18(21-17(15)19)14-6-4-3-5-7-14/h3-7,10,12H,8-9,11H2,1-2H3,(H2,19,20,21)/q+1. The lowest BCUT2D eigenvalue weighted by atomic mass is 10.2.